The SMILES string of the molecule is Cc1ccccc1CC[C@@H]1CCCN(C(=O)c2cc(=O)[nH]c3ccccc23)C1. The zero-order valence-corrected chi connectivity index (χ0v) is 16.3. The average Bonchev–Trinajstić information content (AvgIpc) is 2.72. The second kappa shape index (κ2) is 8.01. The lowest BCUT2D eigenvalue weighted by atomic mass is 9.90. The molecule has 0 unspecified atom stereocenters. The van der Waals surface area contributed by atoms with E-state index in [2.05, 4.69) is 36.2 Å². The van der Waals surface area contributed by atoms with E-state index >= 15 is 0 Å². The summed E-state index contributed by atoms with van der Waals surface area (Å²) in [5.74, 6) is 0.480. The number of nitrogens with zero attached hydrogens (tertiary/aromatic N) is 1. The van der Waals surface area contributed by atoms with Gasteiger partial charge in [-0.15, -0.1) is 0 Å². The normalized spacial score (nSPS) is 17.0. The minimum absolute atomic E-state index is 0.0251. The molecule has 0 bridgehead atoms. The molecule has 2 heterocycles. The Labute approximate surface area is 165 Å². The molecule has 2 aromatic carbocycles. The highest BCUT2D eigenvalue weighted by Crippen LogP contribution is 2.25. The topological polar surface area (TPSA) is 53.2 Å². The van der Waals surface area contributed by atoms with Crippen LogP contribution in [0.2, 0.25) is 0 Å². The van der Waals surface area contributed by atoms with Gasteiger partial charge in [0.25, 0.3) is 5.91 Å². The number of piperidine rings is 1. The number of aromatic amines is 1. The van der Waals surface area contributed by atoms with Crippen molar-refractivity contribution in [3.05, 3.63) is 81.6 Å². The lowest BCUT2D eigenvalue weighted by molar-refractivity contribution is 0.0670. The largest absolute Gasteiger partial charge is 0.338 e. The summed E-state index contributed by atoms with van der Waals surface area (Å²) in [6, 6.07) is 17.5. The van der Waals surface area contributed by atoms with Gasteiger partial charge < -0.3 is 9.88 Å². The van der Waals surface area contributed by atoms with Crippen molar-refractivity contribution >= 4 is 16.8 Å². The molecule has 4 rings (SSSR count). The maximum absolute atomic E-state index is 13.2. The lowest BCUT2D eigenvalue weighted by Crippen LogP contribution is -2.40. The number of hydrogen-bond acceptors (Lipinski definition) is 2. The second-order valence-corrected chi connectivity index (χ2v) is 7.82. The Morgan fingerprint density at radius 1 is 1.14 bits per heavy atom. The molecule has 1 aliphatic heterocycles. The molecule has 3 aromatic rings. The molecule has 1 aromatic heterocycles. The first kappa shape index (κ1) is 18.5. The van der Waals surface area contributed by atoms with Gasteiger partial charge in [-0.1, -0.05) is 42.5 Å². The zero-order valence-electron chi connectivity index (χ0n) is 16.3. The lowest BCUT2D eigenvalue weighted by Gasteiger charge is -2.33. The minimum atomic E-state index is -0.227. The van der Waals surface area contributed by atoms with Crippen LogP contribution < -0.4 is 5.56 Å². The molecular formula is C24H26N2O2. The zero-order chi connectivity index (χ0) is 19.5. The van der Waals surface area contributed by atoms with Gasteiger partial charge in [-0.3, -0.25) is 9.59 Å². The van der Waals surface area contributed by atoms with Gasteiger partial charge >= 0.3 is 0 Å². The van der Waals surface area contributed by atoms with E-state index in [1.54, 1.807) is 0 Å². The maximum atomic E-state index is 13.2. The van der Waals surface area contributed by atoms with Crippen molar-refractivity contribution in [2.45, 2.75) is 32.6 Å². The second-order valence-electron chi connectivity index (χ2n) is 7.82. The predicted molar refractivity (Wildman–Crippen MR) is 113 cm³/mol. The number of fused-ring (bicyclic) bond motifs is 1. The van der Waals surface area contributed by atoms with Gasteiger partial charge in [0.1, 0.15) is 0 Å². The molecule has 4 heteroatoms. The van der Waals surface area contributed by atoms with E-state index < -0.39 is 0 Å². The summed E-state index contributed by atoms with van der Waals surface area (Å²) < 4.78 is 0. The number of H-pyrrole nitrogens is 1. The van der Waals surface area contributed by atoms with Crippen LogP contribution >= 0.6 is 0 Å². The van der Waals surface area contributed by atoms with Gasteiger partial charge in [0.05, 0.1) is 5.56 Å². The third-order valence-electron chi connectivity index (χ3n) is 5.87. The highest BCUT2D eigenvalue weighted by Gasteiger charge is 2.25. The van der Waals surface area contributed by atoms with Crippen molar-refractivity contribution in [3.63, 3.8) is 0 Å². The molecule has 1 amide bonds. The fourth-order valence-electron chi connectivity index (χ4n) is 4.29. The van der Waals surface area contributed by atoms with Crippen LogP contribution in [-0.2, 0) is 6.42 Å². The van der Waals surface area contributed by atoms with Crippen LogP contribution in [0.4, 0.5) is 0 Å². The molecule has 1 saturated heterocycles. The molecular weight excluding hydrogens is 348 g/mol. The van der Waals surface area contributed by atoms with Crippen LogP contribution in [0.1, 0.15) is 40.7 Å². The average molecular weight is 374 g/mol. The van der Waals surface area contributed by atoms with E-state index in [0.29, 0.717) is 17.0 Å². The van der Waals surface area contributed by atoms with E-state index in [4.69, 9.17) is 0 Å². The summed E-state index contributed by atoms with van der Waals surface area (Å²) in [6.45, 7) is 3.69. The quantitative estimate of drug-likeness (QED) is 0.739. The van der Waals surface area contributed by atoms with Crippen molar-refractivity contribution in [2.24, 2.45) is 5.92 Å². The fourth-order valence-corrected chi connectivity index (χ4v) is 4.29. The Morgan fingerprint density at radius 3 is 2.79 bits per heavy atom. The smallest absolute Gasteiger partial charge is 0.254 e. The first-order valence-electron chi connectivity index (χ1n) is 10.1. The molecule has 28 heavy (non-hydrogen) atoms. The van der Waals surface area contributed by atoms with Gasteiger partial charge in [-0.2, -0.15) is 0 Å². The van der Waals surface area contributed by atoms with Crippen molar-refractivity contribution in [2.75, 3.05) is 13.1 Å². The summed E-state index contributed by atoms with van der Waals surface area (Å²) in [5, 5.41) is 0.814. The number of pyridine rings is 1. The van der Waals surface area contributed by atoms with Gasteiger partial charge in [-0.05, 0) is 55.7 Å². The first-order valence-corrected chi connectivity index (χ1v) is 10.1. The Hall–Kier alpha value is -2.88. The van der Waals surface area contributed by atoms with Gasteiger partial charge in [0, 0.05) is 30.1 Å². The highest BCUT2D eigenvalue weighted by atomic mass is 16.2. The number of hydrogen-bond donors (Lipinski definition) is 1. The molecule has 4 nitrogen and oxygen atoms in total. The number of nitrogens with one attached hydrogen (secondary N) is 1. The van der Waals surface area contributed by atoms with Crippen LogP contribution in [-0.4, -0.2) is 28.9 Å². The monoisotopic (exact) mass is 374 g/mol. The highest BCUT2D eigenvalue weighted by molar-refractivity contribution is 6.05. The fraction of sp³-hybridized carbons (Fsp3) is 0.333. The third kappa shape index (κ3) is 3.86. The molecule has 0 radical (unpaired) electrons. The maximum Gasteiger partial charge on any atom is 0.254 e. The van der Waals surface area contributed by atoms with Gasteiger partial charge in [-0.25, -0.2) is 0 Å². The minimum Gasteiger partial charge on any atom is -0.338 e. The van der Waals surface area contributed by atoms with E-state index in [-0.39, 0.29) is 11.5 Å². The van der Waals surface area contributed by atoms with Crippen molar-refractivity contribution in [1.82, 2.24) is 9.88 Å². The number of likely N-dealkylation sites (tertiary alicyclic amines) is 1. The molecule has 1 N–H and O–H groups in total. The number of carbonyl (C=O) groups is 1. The van der Waals surface area contributed by atoms with E-state index in [1.165, 1.54) is 17.2 Å². The number of amides is 1. The molecule has 1 atom stereocenters. The van der Waals surface area contributed by atoms with E-state index in [9.17, 15) is 9.59 Å². The Balaban J connectivity index is 1.50. The molecule has 144 valence electrons. The summed E-state index contributed by atoms with van der Waals surface area (Å²) in [4.78, 5) is 30.0. The van der Waals surface area contributed by atoms with Crippen molar-refractivity contribution in [3.8, 4) is 0 Å². The van der Waals surface area contributed by atoms with E-state index in [1.807, 2.05) is 29.2 Å². The van der Waals surface area contributed by atoms with Crippen molar-refractivity contribution < 1.29 is 4.79 Å². The third-order valence-corrected chi connectivity index (χ3v) is 5.87. The Bertz CT molecular complexity index is 1050. The summed E-state index contributed by atoms with van der Waals surface area (Å²) >= 11 is 0. The Morgan fingerprint density at radius 2 is 1.93 bits per heavy atom. The number of carbonyl (C=O) groups excluding carboxylic acids is 1. The molecule has 1 fully saturated rings. The van der Waals surface area contributed by atoms with Crippen LogP contribution in [0, 0.1) is 12.8 Å². The standard InChI is InChI=1S/C24H26N2O2/c1-17-7-2-3-9-19(17)13-12-18-8-6-14-26(16-18)24(28)21-15-23(27)25-22-11-5-4-10-20(21)22/h2-5,7,9-11,15,18H,6,8,12-14,16H2,1H3,(H,25,27)/t18-/m0/s1. The molecule has 0 spiro atoms. The van der Waals surface area contributed by atoms with Crippen LogP contribution in [0.3, 0.4) is 0 Å². The van der Waals surface area contributed by atoms with Crippen molar-refractivity contribution in [1.29, 1.82) is 0 Å². The van der Waals surface area contributed by atoms with E-state index in [0.717, 1.165) is 44.2 Å². The summed E-state index contributed by atoms with van der Waals surface area (Å²) in [5.41, 5.74) is 3.73. The number of aromatic nitrogens is 1. The molecule has 0 aliphatic carbocycles. The van der Waals surface area contributed by atoms with Crippen LogP contribution in [0.5, 0.6) is 0 Å². The summed E-state index contributed by atoms with van der Waals surface area (Å²) in [7, 11) is 0. The van der Waals surface area contributed by atoms with Crippen LogP contribution in [0.15, 0.2) is 59.4 Å². The Kier molecular flexibility index (Phi) is 5.29. The number of rotatable bonds is 4. The number of para-hydroxylation sites is 1. The molecule has 1 aliphatic rings. The van der Waals surface area contributed by atoms with Crippen LogP contribution in [0.25, 0.3) is 10.9 Å². The number of aryl methyl sites for hydroxylation is 2. The predicted octanol–water partition coefficient (Wildman–Crippen LogP) is 4.32. The van der Waals surface area contributed by atoms with Gasteiger partial charge in [0.2, 0.25) is 5.56 Å². The summed E-state index contributed by atoms with van der Waals surface area (Å²) in [6.07, 6.45) is 4.31. The van der Waals surface area contributed by atoms with Gasteiger partial charge in [0.15, 0.2) is 0 Å². The first-order chi connectivity index (χ1) is 13.6. The molecule has 0 saturated carbocycles. The number of benzene rings is 2.